The van der Waals surface area contributed by atoms with Gasteiger partial charge >= 0.3 is 0 Å². The normalized spacial score (nSPS) is 16.2. The summed E-state index contributed by atoms with van der Waals surface area (Å²) in [4.78, 5) is 32.9. The van der Waals surface area contributed by atoms with Crippen LogP contribution in [-0.4, -0.2) is 55.0 Å². The van der Waals surface area contributed by atoms with Crippen LogP contribution < -0.4 is 19.5 Å². The standard InChI is InChI=1S/C28H27Cl2N3O5S/c1-36-22-7-5-20(6-8-22)32-28-33(11-10-17-4-9-23(37-2)24(12-17)38-3)26(34)16-25(39-28)27(35)31-21-14-18(29)13-19(30)15-21/h4-9,12-15,25H,10-11,16H2,1-3H3,(H,31,35). The van der Waals surface area contributed by atoms with Crippen LogP contribution in [0.2, 0.25) is 10.0 Å². The smallest absolute Gasteiger partial charge is 0.238 e. The fourth-order valence-corrected chi connectivity index (χ4v) is 5.61. The molecule has 1 aliphatic heterocycles. The van der Waals surface area contributed by atoms with Crippen LogP contribution in [0.1, 0.15) is 12.0 Å². The summed E-state index contributed by atoms with van der Waals surface area (Å²) in [6.07, 6.45) is 0.560. The summed E-state index contributed by atoms with van der Waals surface area (Å²) in [5.41, 5.74) is 2.05. The molecule has 0 aromatic heterocycles. The predicted octanol–water partition coefficient (Wildman–Crippen LogP) is 6.22. The number of aliphatic imine (C=N–C) groups is 1. The lowest BCUT2D eigenvalue weighted by Crippen LogP contribution is -2.46. The summed E-state index contributed by atoms with van der Waals surface area (Å²) in [5, 5.41) is 3.35. The Morgan fingerprint density at radius 3 is 2.31 bits per heavy atom. The maximum atomic E-state index is 13.4. The SMILES string of the molecule is COc1ccc(N=C2SC(C(=O)Nc3cc(Cl)cc(Cl)c3)CC(=O)N2CCc2ccc(OC)c(OC)c2)cc1. The van der Waals surface area contributed by atoms with Gasteiger partial charge in [0.1, 0.15) is 11.0 Å². The number of rotatable bonds is 9. The van der Waals surface area contributed by atoms with Crippen LogP contribution in [0.3, 0.4) is 0 Å². The van der Waals surface area contributed by atoms with Crippen molar-refractivity contribution in [1.82, 2.24) is 4.90 Å². The number of halogens is 2. The van der Waals surface area contributed by atoms with Crippen molar-refractivity contribution in [1.29, 1.82) is 0 Å². The van der Waals surface area contributed by atoms with Crippen molar-refractivity contribution in [2.75, 3.05) is 33.2 Å². The van der Waals surface area contributed by atoms with E-state index in [1.54, 1.807) is 68.7 Å². The zero-order valence-corrected chi connectivity index (χ0v) is 23.9. The van der Waals surface area contributed by atoms with Crippen LogP contribution >= 0.6 is 35.0 Å². The van der Waals surface area contributed by atoms with Gasteiger partial charge in [0.05, 0.1) is 27.0 Å². The highest BCUT2D eigenvalue weighted by atomic mass is 35.5. The van der Waals surface area contributed by atoms with Crippen LogP contribution in [0.4, 0.5) is 11.4 Å². The minimum atomic E-state index is -0.690. The van der Waals surface area contributed by atoms with Crippen LogP contribution in [0.25, 0.3) is 0 Å². The molecule has 3 aromatic rings. The molecule has 1 fully saturated rings. The van der Waals surface area contributed by atoms with Crippen molar-refractivity contribution in [3.05, 3.63) is 76.3 Å². The van der Waals surface area contributed by atoms with Crippen LogP contribution in [0.15, 0.2) is 65.7 Å². The van der Waals surface area contributed by atoms with Crippen molar-refractivity contribution in [3.63, 3.8) is 0 Å². The average Bonchev–Trinajstić information content (AvgIpc) is 2.92. The average molecular weight is 589 g/mol. The molecule has 1 N–H and O–H groups in total. The van der Waals surface area contributed by atoms with Gasteiger partial charge in [0.15, 0.2) is 16.7 Å². The van der Waals surface area contributed by atoms with Crippen molar-refractivity contribution < 1.29 is 23.8 Å². The van der Waals surface area contributed by atoms with Gasteiger partial charge in [0.2, 0.25) is 11.8 Å². The Morgan fingerprint density at radius 2 is 1.67 bits per heavy atom. The number of carbonyl (C=O) groups excluding carboxylic acids is 2. The van der Waals surface area contributed by atoms with Gasteiger partial charge in [-0.25, -0.2) is 4.99 Å². The molecule has 1 atom stereocenters. The minimum Gasteiger partial charge on any atom is -0.497 e. The van der Waals surface area contributed by atoms with Gasteiger partial charge in [0.25, 0.3) is 0 Å². The van der Waals surface area contributed by atoms with Crippen molar-refractivity contribution in [2.24, 2.45) is 4.99 Å². The molecule has 1 heterocycles. The Bertz CT molecular complexity index is 1360. The van der Waals surface area contributed by atoms with E-state index in [-0.39, 0.29) is 18.2 Å². The molecule has 3 aromatic carbocycles. The van der Waals surface area contributed by atoms with E-state index in [1.807, 2.05) is 18.2 Å². The summed E-state index contributed by atoms with van der Waals surface area (Å²) < 4.78 is 16.0. The van der Waals surface area contributed by atoms with E-state index in [0.717, 1.165) is 5.56 Å². The van der Waals surface area contributed by atoms with Gasteiger partial charge in [-0.1, -0.05) is 41.0 Å². The Hall–Kier alpha value is -3.40. The van der Waals surface area contributed by atoms with Gasteiger partial charge in [-0.05, 0) is 66.6 Å². The van der Waals surface area contributed by atoms with Gasteiger partial charge < -0.3 is 19.5 Å². The number of thioether (sulfide) groups is 1. The van der Waals surface area contributed by atoms with E-state index in [1.165, 1.54) is 11.8 Å². The number of benzene rings is 3. The summed E-state index contributed by atoms with van der Waals surface area (Å²) in [6.45, 7) is 0.370. The Labute approximate surface area is 241 Å². The Balaban J connectivity index is 1.57. The van der Waals surface area contributed by atoms with Crippen LogP contribution in [0.5, 0.6) is 17.2 Å². The molecule has 2 amide bonds. The Kier molecular flexibility index (Phi) is 9.61. The van der Waals surface area contributed by atoms with E-state index >= 15 is 0 Å². The molecule has 0 bridgehead atoms. The second-order valence-electron chi connectivity index (χ2n) is 8.54. The summed E-state index contributed by atoms with van der Waals surface area (Å²) in [6, 6.07) is 17.6. The summed E-state index contributed by atoms with van der Waals surface area (Å²) >= 11 is 13.4. The molecular weight excluding hydrogens is 561 g/mol. The van der Waals surface area contributed by atoms with Crippen LogP contribution in [-0.2, 0) is 16.0 Å². The summed E-state index contributed by atoms with van der Waals surface area (Å²) in [5.74, 6) is 1.38. The van der Waals surface area contributed by atoms with Gasteiger partial charge in [-0.3, -0.25) is 14.5 Å². The third kappa shape index (κ3) is 7.38. The summed E-state index contributed by atoms with van der Waals surface area (Å²) in [7, 11) is 4.74. The number of nitrogens with zero attached hydrogens (tertiary/aromatic N) is 2. The Morgan fingerprint density at radius 1 is 0.974 bits per heavy atom. The second-order valence-corrected chi connectivity index (χ2v) is 10.6. The number of ether oxygens (including phenoxy) is 3. The molecule has 0 aliphatic carbocycles. The molecule has 8 nitrogen and oxygen atoms in total. The van der Waals surface area contributed by atoms with Crippen LogP contribution in [0, 0.1) is 0 Å². The van der Waals surface area contributed by atoms with Crippen molar-refractivity contribution in [2.45, 2.75) is 18.1 Å². The fraction of sp³-hybridized carbons (Fsp3) is 0.250. The first-order valence-electron chi connectivity index (χ1n) is 12.0. The molecule has 1 unspecified atom stereocenters. The number of amides is 2. The molecule has 39 heavy (non-hydrogen) atoms. The number of nitrogens with one attached hydrogen (secondary N) is 1. The van der Waals surface area contributed by atoms with E-state index in [2.05, 4.69) is 5.32 Å². The fourth-order valence-electron chi connectivity index (χ4n) is 3.95. The minimum absolute atomic E-state index is 0.0123. The maximum Gasteiger partial charge on any atom is 0.238 e. The number of amidine groups is 1. The molecule has 0 spiro atoms. The van der Waals surface area contributed by atoms with E-state index in [4.69, 9.17) is 42.4 Å². The maximum absolute atomic E-state index is 13.4. The molecule has 1 saturated heterocycles. The zero-order chi connectivity index (χ0) is 27.9. The molecule has 1 aliphatic rings. The zero-order valence-electron chi connectivity index (χ0n) is 21.6. The first kappa shape index (κ1) is 28.6. The number of hydrogen-bond donors (Lipinski definition) is 1. The number of hydrogen-bond acceptors (Lipinski definition) is 7. The first-order chi connectivity index (χ1) is 18.8. The quantitative estimate of drug-likeness (QED) is 0.319. The topological polar surface area (TPSA) is 89.5 Å². The number of methoxy groups -OCH3 is 3. The molecule has 0 saturated carbocycles. The highest BCUT2D eigenvalue weighted by Gasteiger charge is 2.36. The van der Waals surface area contributed by atoms with Crippen molar-refractivity contribution in [3.8, 4) is 17.2 Å². The lowest BCUT2D eigenvalue weighted by atomic mass is 10.1. The largest absolute Gasteiger partial charge is 0.497 e. The molecule has 4 rings (SSSR count). The molecule has 204 valence electrons. The lowest BCUT2D eigenvalue weighted by molar-refractivity contribution is -0.129. The van der Waals surface area contributed by atoms with E-state index < -0.39 is 5.25 Å². The number of carbonyl (C=O) groups is 2. The lowest BCUT2D eigenvalue weighted by Gasteiger charge is -2.32. The monoisotopic (exact) mass is 587 g/mol. The third-order valence-electron chi connectivity index (χ3n) is 5.93. The predicted molar refractivity (Wildman–Crippen MR) is 156 cm³/mol. The van der Waals surface area contributed by atoms with Gasteiger partial charge in [0, 0.05) is 28.7 Å². The van der Waals surface area contributed by atoms with E-state index in [0.29, 0.717) is 56.8 Å². The highest BCUT2D eigenvalue weighted by molar-refractivity contribution is 8.15. The van der Waals surface area contributed by atoms with Gasteiger partial charge in [-0.15, -0.1) is 0 Å². The molecule has 0 radical (unpaired) electrons. The van der Waals surface area contributed by atoms with E-state index in [9.17, 15) is 9.59 Å². The first-order valence-corrected chi connectivity index (χ1v) is 13.6. The molecular formula is C28H27Cl2N3O5S. The number of anilines is 1. The van der Waals surface area contributed by atoms with Crippen molar-refractivity contribution >= 4 is 63.3 Å². The molecule has 11 heteroatoms. The third-order valence-corrected chi connectivity index (χ3v) is 7.56. The van der Waals surface area contributed by atoms with Gasteiger partial charge in [-0.2, -0.15) is 0 Å². The highest BCUT2D eigenvalue weighted by Crippen LogP contribution is 2.32. The second kappa shape index (κ2) is 13.1.